The average molecular weight is 343 g/mol. The van der Waals surface area contributed by atoms with Gasteiger partial charge in [-0.3, -0.25) is 0 Å². The molecule has 2 aromatic rings. The van der Waals surface area contributed by atoms with Gasteiger partial charge >= 0.3 is 5.97 Å². The van der Waals surface area contributed by atoms with Crippen LogP contribution in [0.15, 0.2) is 29.3 Å². The van der Waals surface area contributed by atoms with Gasteiger partial charge in [-0.1, -0.05) is 0 Å². The third kappa shape index (κ3) is 3.51. The molecule has 3 rings (SSSR count). The smallest absolute Gasteiger partial charge is 0.341 e. The van der Waals surface area contributed by atoms with Gasteiger partial charge in [0.05, 0.1) is 19.3 Å². The Morgan fingerprint density at radius 1 is 1.25 bits per heavy atom. The van der Waals surface area contributed by atoms with Crippen LogP contribution in [0.5, 0.6) is 5.75 Å². The van der Waals surface area contributed by atoms with Crippen molar-refractivity contribution in [3.8, 4) is 5.75 Å². The van der Waals surface area contributed by atoms with E-state index in [0.717, 1.165) is 41.1 Å². The summed E-state index contributed by atoms with van der Waals surface area (Å²) < 4.78 is 10.4. The monoisotopic (exact) mass is 343 g/mol. The highest BCUT2D eigenvalue weighted by Gasteiger charge is 2.25. The van der Waals surface area contributed by atoms with Gasteiger partial charge in [0, 0.05) is 11.1 Å². The van der Waals surface area contributed by atoms with E-state index in [0.29, 0.717) is 12.2 Å². The first kappa shape index (κ1) is 16.7. The highest BCUT2D eigenvalue weighted by molar-refractivity contribution is 7.16. The summed E-state index contributed by atoms with van der Waals surface area (Å²) in [4.78, 5) is 18.3. The molecule has 1 aromatic carbocycles. The molecule has 1 aliphatic rings. The van der Waals surface area contributed by atoms with Gasteiger partial charge in [0.25, 0.3) is 0 Å². The van der Waals surface area contributed by atoms with Crippen LogP contribution in [-0.2, 0) is 17.6 Å². The first-order valence-corrected chi connectivity index (χ1v) is 9.04. The summed E-state index contributed by atoms with van der Waals surface area (Å²) in [5, 5.41) is 0.760. The van der Waals surface area contributed by atoms with Crippen molar-refractivity contribution in [2.75, 3.05) is 13.7 Å². The summed E-state index contributed by atoms with van der Waals surface area (Å²) in [6.45, 7) is 2.21. The summed E-state index contributed by atoms with van der Waals surface area (Å²) in [6, 6.07) is 7.68. The molecular weight excluding hydrogens is 322 g/mol. The largest absolute Gasteiger partial charge is 0.497 e. The molecule has 0 atom stereocenters. The third-order valence-corrected chi connectivity index (χ3v) is 5.28. The van der Waals surface area contributed by atoms with Gasteiger partial charge in [0.15, 0.2) is 0 Å². The lowest BCUT2D eigenvalue weighted by molar-refractivity contribution is 0.0526. The van der Waals surface area contributed by atoms with Crippen LogP contribution in [0, 0.1) is 0 Å². The number of hydrogen-bond acceptors (Lipinski definition) is 5. The Labute approximate surface area is 146 Å². The van der Waals surface area contributed by atoms with Crippen LogP contribution in [0.4, 0.5) is 5.00 Å². The molecule has 1 heterocycles. The summed E-state index contributed by atoms with van der Waals surface area (Å²) in [5.74, 6) is 0.560. The molecular formula is C19H21NO3S. The number of aryl methyl sites for hydroxylation is 1. The summed E-state index contributed by atoms with van der Waals surface area (Å²) >= 11 is 1.62. The van der Waals surface area contributed by atoms with E-state index < -0.39 is 0 Å². The number of rotatable bonds is 5. The van der Waals surface area contributed by atoms with Crippen LogP contribution in [0.3, 0.4) is 0 Å². The second kappa shape index (κ2) is 7.62. The minimum absolute atomic E-state index is 0.251. The Bertz CT molecular complexity index is 747. The van der Waals surface area contributed by atoms with Gasteiger partial charge in [-0.25, -0.2) is 9.79 Å². The van der Waals surface area contributed by atoms with E-state index in [4.69, 9.17) is 9.47 Å². The molecule has 126 valence electrons. The maximum atomic E-state index is 12.4. The van der Waals surface area contributed by atoms with Crippen LogP contribution in [0.25, 0.3) is 0 Å². The average Bonchev–Trinajstić information content (AvgIpc) is 2.99. The number of esters is 1. The maximum absolute atomic E-state index is 12.4. The van der Waals surface area contributed by atoms with Crippen molar-refractivity contribution in [2.45, 2.75) is 32.6 Å². The standard InChI is InChI=1S/C19H21NO3S/c1-3-23-19(21)17-15-6-4-5-7-16(15)24-18(17)20-12-13-8-10-14(22-2)11-9-13/h8-12H,3-7H2,1-2H3. The summed E-state index contributed by atoms with van der Waals surface area (Å²) in [7, 11) is 1.64. The molecule has 0 spiro atoms. The number of methoxy groups -OCH3 is 1. The molecule has 0 radical (unpaired) electrons. The van der Waals surface area contributed by atoms with Gasteiger partial charge in [0.1, 0.15) is 10.8 Å². The van der Waals surface area contributed by atoms with Crippen molar-refractivity contribution >= 4 is 28.5 Å². The van der Waals surface area contributed by atoms with E-state index in [-0.39, 0.29) is 5.97 Å². The van der Waals surface area contributed by atoms with Gasteiger partial charge in [-0.05, 0) is 68.0 Å². The van der Waals surface area contributed by atoms with E-state index in [1.807, 2.05) is 31.2 Å². The first-order chi connectivity index (χ1) is 11.7. The quantitative estimate of drug-likeness (QED) is 0.590. The second-order valence-corrected chi connectivity index (χ2v) is 6.73. The third-order valence-electron chi connectivity index (χ3n) is 4.08. The lowest BCUT2D eigenvalue weighted by atomic mass is 9.95. The van der Waals surface area contributed by atoms with E-state index >= 15 is 0 Å². The van der Waals surface area contributed by atoms with E-state index in [9.17, 15) is 4.79 Å². The molecule has 5 heteroatoms. The molecule has 4 nitrogen and oxygen atoms in total. The molecule has 1 aromatic heterocycles. The zero-order valence-electron chi connectivity index (χ0n) is 14.0. The zero-order valence-corrected chi connectivity index (χ0v) is 14.8. The minimum atomic E-state index is -0.251. The Morgan fingerprint density at radius 2 is 2.00 bits per heavy atom. The van der Waals surface area contributed by atoms with Crippen molar-refractivity contribution in [1.29, 1.82) is 0 Å². The Balaban J connectivity index is 1.92. The Morgan fingerprint density at radius 3 is 2.71 bits per heavy atom. The lowest BCUT2D eigenvalue weighted by Crippen LogP contribution is -2.09. The van der Waals surface area contributed by atoms with E-state index in [2.05, 4.69) is 4.99 Å². The molecule has 1 aliphatic carbocycles. The highest BCUT2D eigenvalue weighted by Crippen LogP contribution is 2.40. The highest BCUT2D eigenvalue weighted by atomic mass is 32.1. The fourth-order valence-corrected chi connectivity index (χ4v) is 4.10. The van der Waals surface area contributed by atoms with Gasteiger partial charge < -0.3 is 9.47 Å². The van der Waals surface area contributed by atoms with E-state index in [1.54, 1.807) is 24.7 Å². The second-order valence-electron chi connectivity index (χ2n) is 5.64. The molecule has 0 unspecified atom stereocenters. The number of hydrogen-bond donors (Lipinski definition) is 0. The topological polar surface area (TPSA) is 47.9 Å². The number of benzene rings is 1. The van der Waals surface area contributed by atoms with Crippen molar-refractivity contribution in [3.63, 3.8) is 0 Å². The lowest BCUT2D eigenvalue weighted by Gasteiger charge is -2.11. The van der Waals surface area contributed by atoms with Crippen LogP contribution >= 0.6 is 11.3 Å². The molecule has 0 fully saturated rings. The van der Waals surface area contributed by atoms with Gasteiger partial charge in [-0.15, -0.1) is 11.3 Å². The number of carbonyl (C=O) groups is 1. The van der Waals surface area contributed by atoms with Crippen LogP contribution in [0.1, 0.15) is 46.1 Å². The Hall–Kier alpha value is -2.14. The number of fused-ring (bicyclic) bond motifs is 1. The minimum Gasteiger partial charge on any atom is -0.497 e. The molecule has 0 saturated heterocycles. The molecule has 0 saturated carbocycles. The molecule has 0 N–H and O–H groups in total. The predicted molar refractivity (Wildman–Crippen MR) is 97.2 cm³/mol. The predicted octanol–water partition coefficient (Wildman–Crippen LogP) is 4.56. The number of ether oxygens (including phenoxy) is 2. The number of thiophene rings is 1. The molecule has 24 heavy (non-hydrogen) atoms. The summed E-state index contributed by atoms with van der Waals surface area (Å²) in [6.07, 6.45) is 6.07. The van der Waals surface area contributed by atoms with Crippen molar-refractivity contribution < 1.29 is 14.3 Å². The van der Waals surface area contributed by atoms with Crippen molar-refractivity contribution in [3.05, 3.63) is 45.8 Å². The SMILES string of the molecule is CCOC(=O)c1c(N=Cc2ccc(OC)cc2)sc2c1CCCC2. The van der Waals surface area contributed by atoms with Crippen LogP contribution < -0.4 is 4.74 Å². The zero-order chi connectivity index (χ0) is 16.9. The van der Waals surface area contributed by atoms with Gasteiger partial charge in [0.2, 0.25) is 0 Å². The number of nitrogens with zero attached hydrogens (tertiary/aromatic N) is 1. The number of carbonyl (C=O) groups excluding carboxylic acids is 1. The summed E-state index contributed by atoms with van der Waals surface area (Å²) in [5.41, 5.74) is 2.78. The fraction of sp³-hybridized carbons (Fsp3) is 0.368. The van der Waals surface area contributed by atoms with E-state index in [1.165, 1.54) is 11.3 Å². The molecule has 0 bridgehead atoms. The molecule has 0 amide bonds. The fourth-order valence-electron chi connectivity index (χ4n) is 2.88. The normalized spacial score (nSPS) is 13.8. The van der Waals surface area contributed by atoms with Crippen LogP contribution in [0.2, 0.25) is 0 Å². The van der Waals surface area contributed by atoms with Gasteiger partial charge in [-0.2, -0.15) is 0 Å². The first-order valence-electron chi connectivity index (χ1n) is 8.22. The maximum Gasteiger partial charge on any atom is 0.341 e. The van der Waals surface area contributed by atoms with Crippen molar-refractivity contribution in [1.82, 2.24) is 0 Å². The number of aliphatic imine (C=N–C) groups is 1. The molecule has 0 aliphatic heterocycles. The van der Waals surface area contributed by atoms with Crippen molar-refractivity contribution in [2.24, 2.45) is 4.99 Å². The Kier molecular flexibility index (Phi) is 5.30. The van der Waals surface area contributed by atoms with Crippen LogP contribution in [-0.4, -0.2) is 25.9 Å².